The Bertz CT molecular complexity index is 265. The van der Waals surface area contributed by atoms with E-state index in [0.29, 0.717) is 13.0 Å². The van der Waals surface area contributed by atoms with Gasteiger partial charge in [-0.2, -0.15) is 0 Å². The predicted octanol–water partition coefficient (Wildman–Crippen LogP) is 0.730. The Kier molecular flexibility index (Phi) is 6.41. The van der Waals surface area contributed by atoms with Crippen molar-refractivity contribution < 1.29 is 19.4 Å². The summed E-state index contributed by atoms with van der Waals surface area (Å²) in [5.74, 6) is -3.60. The van der Waals surface area contributed by atoms with E-state index in [1.54, 1.807) is 6.92 Å². The summed E-state index contributed by atoms with van der Waals surface area (Å²) >= 11 is 0. The van der Waals surface area contributed by atoms with Gasteiger partial charge in [-0.05, 0) is 13.3 Å². The first kappa shape index (κ1) is 14.6. The lowest BCUT2D eigenvalue weighted by atomic mass is 10.1. The van der Waals surface area contributed by atoms with Crippen molar-refractivity contribution in [1.82, 2.24) is 5.32 Å². The van der Waals surface area contributed by atoms with Crippen LogP contribution in [0.4, 0.5) is 0 Å². The summed E-state index contributed by atoms with van der Waals surface area (Å²) in [7, 11) is 0. The van der Waals surface area contributed by atoms with Crippen LogP contribution in [0.2, 0.25) is 0 Å². The number of rotatable bonds is 7. The van der Waals surface area contributed by atoms with Gasteiger partial charge in [0.25, 0.3) is 11.7 Å². The molecule has 5 heteroatoms. The van der Waals surface area contributed by atoms with E-state index in [2.05, 4.69) is 11.9 Å². The Hall–Kier alpha value is -1.36. The number of aliphatic hydroxyl groups is 1. The van der Waals surface area contributed by atoms with Crippen LogP contribution in [0.3, 0.4) is 0 Å². The van der Waals surface area contributed by atoms with E-state index in [1.165, 1.54) is 0 Å². The lowest BCUT2D eigenvalue weighted by Gasteiger charge is -2.25. The van der Waals surface area contributed by atoms with E-state index < -0.39 is 17.7 Å². The van der Waals surface area contributed by atoms with Crippen molar-refractivity contribution in [2.45, 2.75) is 38.9 Å². The van der Waals surface area contributed by atoms with Gasteiger partial charge in [0.15, 0.2) is 0 Å². The largest absolute Gasteiger partial charge is 0.420 e. The second kappa shape index (κ2) is 7.00. The molecule has 0 heterocycles. The minimum absolute atomic E-state index is 0.0783. The minimum Gasteiger partial charge on any atom is -0.420 e. The Morgan fingerprint density at radius 1 is 1.50 bits per heavy atom. The number of likely N-dealkylation sites (N-methyl/N-ethyl adjacent to an activating group) is 1. The zero-order valence-electron chi connectivity index (χ0n) is 9.78. The second-order valence-electron chi connectivity index (χ2n) is 3.37. The maximum atomic E-state index is 11.5. The highest BCUT2D eigenvalue weighted by Crippen LogP contribution is 2.17. The number of ether oxygens (including phenoxy) is 1. The molecule has 16 heavy (non-hydrogen) atoms. The number of amides is 1. The van der Waals surface area contributed by atoms with Crippen LogP contribution in [-0.2, 0) is 14.3 Å². The van der Waals surface area contributed by atoms with Crippen molar-refractivity contribution in [3.8, 4) is 0 Å². The highest BCUT2D eigenvalue weighted by Gasteiger charge is 2.38. The SMILES string of the molecule is C=CC(=O)OC(O)(CCCC)C(=O)NCC. The van der Waals surface area contributed by atoms with Gasteiger partial charge in [0.05, 0.1) is 0 Å². The Morgan fingerprint density at radius 3 is 2.56 bits per heavy atom. The molecule has 0 radical (unpaired) electrons. The number of esters is 1. The first-order chi connectivity index (χ1) is 7.50. The molecule has 0 aliphatic heterocycles. The lowest BCUT2D eigenvalue weighted by molar-refractivity contribution is -0.210. The fourth-order valence-electron chi connectivity index (χ4n) is 1.13. The van der Waals surface area contributed by atoms with E-state index in [4.69, 9.17) is 4.74 Å². The normalized spacial score (nSPS) is 13.7. The van der Waals surface area contributed by atoms with E-state index in [1.807, 2.05) is 6.92 Å². The molecule has 0 fully saturated rings. The smallest absolute Gasteiger partial charge is 0.333 e. The third kappa shape index (κ3) is 4.44. The van der Waals surface area contributed by atoms with Gasteiger partial charge in [-0.15, -0.1) is 0 Å². The van der Waals surface area contributed by atoms with Crippen LogP contribution >= 0.6 is 0 Å². The van der Waals surface area contributed by atoms with Crippen LogP contribution in [0, 0.1) is 0 Å². The molecule has 0 aliphatic rings. The van der Waals surface area contributed by atoms with Gasteiger partial charge in [-0.3, -0.25) is 4.79 Å². The van der Waals surface area contributed by atoms with E-state index >= 15 is 0 Å². The van der Waals surface area contributed by atoms with Gasteiger partial charge in [-0.1, -0.05) is 19.9 Å². The van der Waals surface area contributed by atoms with Gasteiger partial charge < -0.3 is 15.2 Å². The standard InChI is InChI=1S/C11H19NO4/c1-4-7-8-11(15,10(14)12-6-3)16-9(13)5-2/h5,15H,2,4,6-8H2,1,3H3,(H,12,14). The molecule has 1 amide bonds. The van der Waals surface area contributed by atoms with Gasteiger partial charge in [0.2, 0.25) is 0 Å². The molecule has 0 aliphatic carbocycles. The molecule has 0 rings (SSSR count). The number of nitrogens with one attached hydrogen (secondary N) is 1. The summed E-state index contributed by atoms with van der Waals surface area (Å²) in [6.45, 7) is 7.20. The third-order valence-corrected chi connectivity index (χ3v) is 2.00. The van der Waals surface area contributed by atoms with Crippen LogP contribution in [0.15, 0.2) is 12.7 Å². The molecule has 0 spiro atoms. The van der Waals surface area contributed by atoms with Gasteiger partial charge in [0.1, 0.15) is 0 Å². The van der Waals surface area contributed by atoms with Crippen molar-refractivity contribution >= 4 is 11.9 Å². The average Bonchev–Trinajstić information content (AvgIpc) is 2.26. The molecule has 5 nitrogen and oxygen atoms in total. The van der Waals surface area contributed by atoms with E-state index in [9.17, 15) is 14.7 Å². The van der Waals surface area contributed by atoms with Crippen molar-refractivity contribution in [3.63, 3.8) is 0 Å². The monoisotopic (exact) mass is 229 g/mol. The number of hydrogen-bond acceptors (Lipinski definition) is 4. The first-order valence-electron chi connectivity index (χ1n) is 5.36. The molecular formula is C11H19NO4. The quantitative estimate of drug-likeness (QED) is 0.383. The molecular weight excluding hydrogens is 210 g/mol. The van der Waals surface area contributed by atoms with Crippen molar-refractivity contribution in [1.29, 1.82) is 0 Å². The van der Waals surface area contributed by atoms with E-state index in [-0.39, 0.29) is 6.42 Å². The zero-order chi connectivity index (χ0) is 12.6. The van der Waals surface area contributed by atoms with Gasteiger partial charge in [-0.25, -0.2) is 4.79 Å². The van der Waals surface area contributed by atoms with Crippen LogP contribution < -0.4 is 5.32 Å². The van der Waals surface area contributed by atoms with Crippen LogP contribution in [-0.4, -0.2) is 29.3 Å². The molecule has 1 unspecified atom stereocenters. The maximum absolute atomic E-state index is 11.5. The Balaban J connectivity index is 4.64. The van der Waals surface area contributed by atoms with Crippen molar-refractivity contribution in [3.05, 3.63) is 12.7 Å². The molecule has 1 atom stereocenters. The Labute approximate surface area is 95.5 Å². The number of unbranched alkanes of at least 4 members (excludes halogenated alkanes) is 1. The zero-order valence-corrected chi connectivity index (χ0v) is 9.78. The molecule has 0 saturated carbocycles. The highest BCUT2D eigenvalue weighted by atomic mass is 16.7. The molecule has 0 aromatic heterocycles. The van der Waals surface area contributed by atoms with Crippen LogP contribution in [0.5, 0.6) is 0 Å². The fraction of sp³-hybridized carbons (Fsp3) is 0.636. The first-order valence-corrected chi connectivity index (χ1v) is 5.36. The molecule has 2 N–H and O–H groups in total. The molecule has 0 aromatic rings. The molecule has 0 bridgehead atoms. The second-order valence-corrected chi connectivity index (χ2v) is 3.37. The fourth-order valence-corrected chi connectivity index (χ4v) is 1.13. The van der Waals surface area contributed by atoms with Crippen molar-refractivity contribution in [2.75, 3.05) is 6.54 Å². The average molecular weight is 229 g/mol. The summed E-state index contributed by atoms with van der Waals surface area (Å²) in [6.07, 6.45) is 2.36. The number of hydrogen-bond donors (Lipinski definition) is 2. The molecule has 92 valence electrons. The number of carbonyl (C=O) groups is 2. The predicted molar refractivity (Wildman–Crippen MR) is 59.4 cm³/mol. The number of carbonyl (C=O) groups excluding carboxylic acids is 2. The summed E-state index contributed by atoms with van der Waals surface area (Å²) < 4.78 is 4.69. The van der Waals surface area contributed by atoms with Crippen LogP contribution in [0.1, 0.15) is 33.1 Å². The van der Waals surface area contributed by atoms with Gasteiger partial charge in [0, 0.05) is 19.0 Å². The third-order valence-electron chi connectivity index (χ3n) is 2.00. The topological polar surface area (TPSA) is 75.6 Å². The lowest BCUT2D eigenvalue weighted by Crippen LogP contribution is -2.49. The van der Waals surface area contributed by atoms with Crippen LogP contribution in [0.25, 0.3) is 0 Å². The Morgan fingerprint density at radius 2 is 2.12 bits per heavy atom. The van der Waals surface area contributed by atoms with Gasteiger partial charge >= 0.3 is 5.97 Å². The maximum Gasteiger partial charge on any atom is 0.333 e. The summed E-state index contributed by atoms with van der Waals surface area (Å²) in [4.78, 5) is 22.6. The summed E-state index contributed by atoms with van der Waals surface area (Å²) in [5, 5.41) is 12.4. The summed E-state index contributed by atoms with van der Waals surface area (Å²) in [6, 6.07) is 0. The molecule has 0 aromatic carbocycles. The highest BCUT2D eigenvalue weighted by molar-refractivity contribution is 5.88. The molecule has 0 saturated heterocycles. The minimum atomic E-state index is -2.09. The summed E-state index contributed by atoms with van der Waals surface area (Å²) in [5.41, 5.74) is 0. The van der Waals surface area contributed by atoms with E-state index in [0.717, 1.165) is 12.5 Å². The van der Waals surface area contributed by atoms with Crippen molar-refractivity contribution in [2.24, 2.45) is 0 Å².